The highest BCUT2D eigenvalue weighted by molar-refractivity contribution is 5.55. The van der Waals surface area contributed by atoms with Gasteiger partial charge in [-0.25, -0.2) is 4.98 Å². The minimum atomic E-state index is 0.411. The van der Waals surface area contributed by atoms with Gasteiger partial charge in [0.15, 0.2) is 11.6 Å². The second-order valence-electron chi connectivity index (χ2n) is 5.65. The molecule has 0 aliphatic heterocycles. The maximum atomic E-state index is 5.31. The highest BCUT2D eigenvalue weighted by atomic mass is 16.5. The van der Waals surface area contributed by atoms with Crippen molar-refractivity contribution in [2.45, 2.75) is 52.4 Å². The second-order valence-corrected chi connectivity index (χ2v) is 5.65. The predicted molar refractivity (Wildman–Crippen MR) is 88.0 cm³/mol. The van der Waals surface area contributed by atoms with E-state index in [2.05, 4.69) is 39.1 Å². The van der Waals surface area contributed by atoms with E-state index in [1.54, 1.807) is 0 Å². The number of unbranched alkanes of at least 4 members (excludes halogenated alkanes) is 2. The van der Waals surface area contributed by atoms with Crippen LogP contribution in [0.2, 0.25) is 0 Å². The van der Waals surface area contributed by atoms with Gasteiger partial charge in [-0.15, -0.1) is 0 Å². The molecule has 0 unspecified atom stereocenters. The Morgan fingerprint density at radius 2 is 1.25 bits per heavy atom. The first-order chi connectivity index (χ1) is 11.8. The fourth-order valence-corrected chi connectivity index (χ4v) is 2.26. The summed E-state index contributed by atoms with van der Waals surface area (Å²) in [6, 6.07) is 5.52. The van der Waals surface area contributed by atoms with Crippen molar-refractivity contribution in [3.05, 3.63) is 29.8 Å². The number of nitrogens with zero attached hydrogens (tertiary/aromatic N) is 5. The summed E-state index contributed by atoms with van der Waals surface area (Å²) in [5, 5.41) is 7.99. The van der Waals surface area contributed by atoms with E-state index in [9.17, 15) is 0 Å². The quantitative estimate of drug-likeness (QED) is 0.620. The average Bonchev–Trinajstić information content (AvgIpc) is 3.28. The summed E-state index contributed by atoms with van der Waals surface area (Å²) in [5.74, 6) is 2.24. The molecule has 0 radical (unpaired) electrons. The lowest BCUT2D eigenvalue weighted by Gasteiger charge is -1.96. The van der Waals surface area contributed by atoms with Gasteiger partial charge in [0.05, 0.1) is 0 Å². The molecule has 3 aromatic heterocycles. The molecule has 3 rings (SSSR count). The van der Waals surface area contributed by atoms with Gasteiger partial charge in [-0.1, -0.05) is 43.1 Å². The SMILES string of the molecule is CCCCc1noc(-c2cccc(-c3nc(CCCC)no3)n2)n1. The first-order valence-electron chi connectivity index (χ1n) is 8.43. The summed E-state index contributed by atoms with van der Waals surface area (Å²) in [4.78, 5) is 13.3. The average molecular weight is 327 g/mol. The monoisotopic (exact) mass is 327 g/mol. The van der Waals surface area contributed by atoms with Crippen LogP contribution in [0.3, 0.4) is 0 Å². The summed E-state index contributed by atoms with van der Waals surface area (Å²) in [5.41, 5.74) is 1.21. The Bertz CT molecular complexity index is 719. The Labute approximate surface area is 140 Å². The summed E-state index contributed by atoms with van der Waals surface area (Å²) in [6.07, 6.45) is 5.88. The molecule has 24 heavy (non-hydrogen) atoms. The van der Waals surface area contributed by atoms with Gasteiger partial charge in [0.1, 0.15) is 11.4 Å². The molecule has 0 saturated heterocycles. The molecule has 0 N–H and O–H groups in total. The van der Waals surface area contributed by atoms with E-state index < -0.39 is 0 Å². The molecule has 0 aliphatic rings. The van der Waals surface area contributed by atoms with Crippen molar-refractivity contribution >= 4 is 0 Å². The minimum Gasteiger partial charge on any atom is -0.332 e. The summed E-state index contributed by atoms with van der Waals surface area (Å²) in [6.45, 7) is 4.26. The van der Waals surface area contributed by atoms with Gasteiger partial charge in [-0.05, 0) is 25.0 Å². The third-order valence-electron chi connectivity index (χ3n) is 3.63. The van der Waals surface area contributed by atoms with Gasteiger partial charge in [-0.3, -0.25) is 0 Å². The van der Waals surface area contributed by atoms with Crippen molar-refractivity contribution in [1.82, 2.24) is 25.3 Å². The largest absolute Gasteiger partial charge is 0.332 e. The van der Waals surface area contributed by atoms with Gasteiger partial charge >= 0.3 is 0 Å². The number of hydrogen-bond donors (Lipinski definition) is 0. The number of aromatic nitrogens is 5. The number of pyridine rings is 1. The van der Waals surface area contributed by atoms with Crippen LogP contribution in [0.15, 0.2) is 27.2 Å². The number of aryl methyl sites for hydroxylation is 2. The summed E-state index contributed by atoms with van der Waals surface area (Å²) < 4.78 is 10.6. The van der Waals surface area contributed by atoms with Crippen molar-refractivity contribution in [3.8, 4) is 23.2 Å². The van der Waals surface area contributed by atoms with Crippen LogP contribution in [0.1, 0.15) is 51.2 Å². The van der Waals surface area contributed by atoms with E-state index in [-0.39, 0.29) is 0 Å². The number of hydrogen-bond acceptors (Lipinski definition) is 7. The molecule has 0 saturated carbocycles. The molecule has 0 bridgehead atoms. The third kappa shape index (κ3) is 3.84. The van der Waals surface area contributed by atoms with E-state index >= 15 is 0 Å². The van der Waals surface area contributed by atoms with Crippen LogP contribution in [0.4, 0.5) is 0 Å². The fourth-order valence-electron chi connectivity index (χ4n) is 2.26. The molecule has 3 heterocycles. The topological polar surface area (TPSA) is 90.7 Å². The molecular formula is C17H21N5O2. The lowest BCUT2D eigenvalue weighted by molar-refractivity contribution is 0.418. The van der Waals surface area contributed by atoms with Gasteiger partial charge in [0, 0.05) is 12.8 Å². The van der Waals surface area contributed by atoms with Gasteiger partial charge in [0.25, 0.3) is 11.8 Å². The zero-order chi connectivity index (χ0) is 16.8. The van der Waals surface area contributed by atoms with E-state index in [1.165, 1.54) is 0 Å². The maximum Gasteiger partial charge on any atom is 0.276 e. The highest BCUT2D eigenvalue weighted by Gasteiger charge is 2.14. The van der Waals surface area contributed by atoms with Crippen molar-refractivity contribution in [2.75, 3.05) is 0 Å². The molecule has 0 aliphatic carbocycles. The smallest absolute Gasteiger partial charge is 0.276 e. The van der Waals surface area contributed by atoms with E-state index in [0.29, 0.717) is 34.8 Å². The zero-order valence-corrected chi connectivity index (χ0v) is 14.0. The molecule has 0 atom stereocenters. The Kier molecular flexibility index (Phi) is 5.30. The van der Waals surface area contributed by atoms with Gasteiger partial charge in [-0.2, -0.15) is 9.97 Å². The molecule has 7 nitrogen and oxygen atoms in total. The van der Waals surface area contributed by atoms with E-state index in [0.717, 1.165) is 38.5 Å². The molecule has 0 aromatic carbocycles. The van der Waals surface area contributed by atoms with E-state index in [1.807, 2.05) is 18.2 Å². The second kappa shape index (κ2) is 7.81. The van der Waals surface area contributed by atoms with Crippen LogP contribution in [-0.4, -0.2) is 25.3 Å². The van der Waals surface area contributed by atoms with Crippen molar-refractivity contribution in [2.24, 2.45) is 0 Å². The molecule has 126 valence electrons. The summed E-state index contributed by atoms with van der Waals surface area (Å²) >= 11 is 0. The molecular weight excluding hydrogens is 306 g/mol. The predicted octanol–water partition coefficient (Wildman–Crippen LogP) is 3.87. The molecule has 0 amide bonds. The van der Waals surface area contributed by atoms with Crippen LogP contribution in [-0.2, 0) is 12.8 Å². The lowest BCUT2D eigenvalue weighted by Crippen LogP contribution is -1.91. The maximum absolute atomic E-state index is 5.31. The molecule has 3 aromatic rings. The Morgan fingerprint density at radius 3 is 1.71 bits per heavy atom. The van der Waals surface area contributed by atoms with Crippen molar-refractivity contribution in [1.29, 1.82) is 0 Å². The molecule has 0 spiro atoms. The van der Waals surface area contributed by atoms with Crippen molar-refractivity contribution in [3.63, 3.8) is 0 Å². The molecule has 0 fully saturated rings. The van der Waals surface area contributed by atoms with Crippen molar-refractivity contribution < 1.29 is 9.05 Å². The fraction of sp³-hybridized carbons (Fsp3) is 0.471. The Hall–Kier alpha value is -2.57. The van der Waals surface area contributed by atoms with Crippen LogP contribution >= 0.6 is 0 Å². The zero-order valence-electron chi connectivity index (χ0n) is 14.0. The summed E-state index contributed by atoms with van der Waals surface area (Å²) in [7, 11) is 0. The third-order valence-corrected chi connectivity index (χ3v) is 3.63. The first kappa shape index (κ1) is 16.3. The molecule has 7 heteroatoms. The Balaban J connectivity index is 1.78. The highest BCUT2D eigenvalue weighted by Crippen LogP contribution is 2.21. The van der Waals surface area contributed by atoms with Crippen LogP contribution in [0, 0.1) is 0 Å². The lowest BCUT2D eigenvalue weighted by atomic mass is 10.2. The minimum absolute atomic E-state index is 0.411. The van der Waals surface area contributed by atoms with Crippen LogP contribution in [0.5, 0.6) is 0 Å². The van der Waals surface area contributed by atoms with E-state index in [4.69, 9.17) is 9.05 Å². The van der Waals surface area contributed by atoms with Crippen LogP contribution in [0.25, 0.3) is 23.2 Å². The standard InChI is InChI=1S/C17H21N5O2/c1-3-5-10-14-19-16(23-21-14)12-8-7-9-13(18-12)17-20-15(22-24-17)11-6-4-2/h7-9H,3-6,10-11H2,1-2H3. The Morgan fingerprint density at radius 1 is 0.750 bits per heavy atom. The normalized spacial score (nSPS) is 11.1. The van der Waals surface area contributed by atoms with Crippen LogP contribution < -0.4 is 0 Å². The number of rotatable bonds is 8. The van der Waals surface area contributed by atoms with Gasteiger partial charge in [0.2, 0.25) is 0 Å². The van der Waals surface area contributed by atoms with Gasteiger partial charge < -0.3 is 9.05 Å². The first-order valence-corrected chi connectivity index (χ1v) is 8.43.